The standard InChI is InChI=1S/C9H8NO4/c11-5-6-14-7-8-1-3-9(4-2-8)10(12)13/h1-4H,6-7H2. The van der Waals surface area contributed by atoms with Gasteiger partial charge in [0.15, 0.2) is 0 Å². The van der Waals surface area contributed by atoms with Crippen molar-refractivity contribution >= 4 is 12.0 Å². The Kier molecular flexibility index (Phi) is 3.75. The third-order valence-corrected chi connectivity index (χ3v) is 1.58. The lowest BCUT2D eigenvalue weighted by Crippen LogP contribution is -1.96. The molecule has 0 saturated carbocycles. The van der Waals surface area contributed by atoms with Crippen LogP contribution >= 0.6 is 0 Å². The van der Waals surface area contributed by atoms with E-state index in [1.165, 1.54) is 12.1 Å². The zero-order chi connectivity index (χ0) is 10.4. The Morgan fingerprint density at radius 3 is 2.50 bits per heavy atom. The third kappa shape index (κ3) is 2.95. The van der Waals surface area contributed by atoms with Gasteiger partial charge in [-0.15, -0.1) is 0 Å². The van der Waals surface area contributed by atoms with Crippen LogP contribution in [0, 0.1) is 10.1 Å². The fraction of sp³-hybridized carbons (Fsp3) is 0.222. The Hall–Kier alpha value is -1.75. The van der Waals surface area contributed by atoms with Gasteiger partial charge in [-0.2, -0.15) is 0 Å². The van der Waals surface area contributed by atoms with Crippen molar-refractivity contribution in [3.8, 4) is 0 Å². The summed E-state index contributed by atoms with van der Waals surface area (Å²) in [6, 6.07) is 5.96. The van der Waals surface area contributed by atoms with Gasteiger partial charge in [0.2, 0.25) is 6.29 Å². The maximum atomic E-state index is 10.3. The Labute approximate surface area is 80.5 Å². The van der Waals surface area contributed by atoms with Crippen LogP contribution in [0.1, 0.15) is 5.56 Å². The molecule has 1 aromatic carbocycles. The van der Waals surface area contributed by atoms with Crippen LogP contribution in [-0.2, 0) is 16.1 Å². The smallest absolute Gasteiger partial charge is 0.269 e. The molecule has 0 amide bonds. The number of hydrogen-bond acceptors (Lipinski definition) is 4. The molecule has 5 heteroatoms. The molecule has 0 N–H and O–H groups in total. The second-order valence-corrected chi connectivity index (χ2v) is 2.56. The number of carbonyl (C=O) groups excluding carboxylic acids is 1. The zero-order valence-electron chi connectivity index (χ0n) is 7.30. The molecule has 0 atom stereocenters. The van der Waals surface area contributed by atoms with E-state index in [1.807, 2.05) is 0 Å². The van der Waals surface area contributed by atoms with E-state index in [-0.39, 0.29) is 18.9 Å². The van der Waals surface area contributed by atoms with E-state index in [0.717, 1.165) is 5.56 Å². The Balaban J connectivity index is 2.55. The summed E-state index contributed by atoms with van der Waals surface area (Å²) >= 11 is 0. The Bertz CT molecular complexity index is 320. The van der Waals surface area contributed by atoms with Crippen molar-refractivity contribution in [3.05, 3.63) is 39.9 Å². The van der Waals surface area contributed by atoms with E-state index in [1.54, 1.807) is 18.4 Å². The largest absolute Gasteiger partial charge is 0.368 e. The van der Waals surface area contributed by atoms with E-state index in [0.29, 0.717) is 0 Å². The molecular weight excluding hydrogens is 186 g/mol. The maximum absolute atomic E-state index is 10.3. The normalized spacial score (nSPS) is 9.71. The fourth-order valence-electron chi connectivity index (χ4n) is 0.924. The van der Waals surface area contributed by atoms with E-state index < -0.39 is 4.92 Å². The summed E-state index contributed by atoms with van der Waals surface area (Å²) in [6.07, 6.45) is 1.59. The van der Waals surface area contributed by atoms with Gasteiger partial charge in [0.1, 0.15) is 6.61 Å². The van der Waals surface area contributed by atoms with Crippen molar-refractivity contribution < 1.29 is 14.5 Å². The molecule has 1 radical (unpaired) electrons. The summed E-state index contributed by atoms with van der Waals surface area (Å²) in [6.45, 7) is 0.171. The molecule has 73 valence electrons. The highest BCUT2D eigenvalue weighted by Crippen LogP contribution is 2.12. The van der Waals surface area contributed by atoms with E-state index in [2.05, 4.69) is 0 Å². The summed E-state index contributed by atoms with van der Waals surface area (Å²) in [4.78, 5) is 19.6. The predicted molar refractivity (Wildman–Crippen MR) is 48.4 cm³/mol. The monoisotopic (exact) mass is 194 g/mol. The Morgan fingerprint density at radius 2 is 2.00 bits per heavy atom. The average Bonchev–Trinajstić information content (AvgIpc) is 2.19. The van der Waals surface area contributed by atoms with Gasteiger partial charge in [-0.3, -0.25) is 14.9 Å². The SMILES string of the molecule is O=[C]COCc1ccc([N+](=O)[O-])cc1. The lowest BCUT2D eigenvalue weighted by molar-refractivity contribution is -0.384. The highest BCUT2D eigenvalue weighted by atomic mass is 16.6. The first-order valence-corrected chi connectivity index (χ1v) is 3.90. The second-order valence-electron chi connectivity index (χ2n) is 2.56. The van der Waals surface area contributed by atoms with Gasteiger partial charge in [-0.1, -0.05) is 0 Å². The Morgan fingerprint density at radius 1 is 1.36 bits per heavy atom. The van der Waals surface area contributed by atoms with Crippen LogP contribution in [0.4, 0.5) is 5.69 Å². The molecule has 0 unspecified atom stereocenters. The summed E-state index contributed by atoms with van der Waals surface area (Å²) < 4.78 is 4.88. The molecule has 14 heavy (non-hydrogen) atoms. The topological polar surface area (TPSA) is 69.4 Å². The van der Waals surface area contributed by atoms with Crippen molar-refractivity contribution in [2.45, 2.75) is 6.61 Å². The van der Waals surface area contributed by atoms with Crippen LogP contribution in [0.15, 0.2) is 24.3 Å². The highest BCUT2D eigenvalue weighted by molar-refractivity contribution is 5.51. The molecule has 0 aromatic heterocycles. The first kappa shape index (κ1) is 10.3. The molecular formula is C9H8NO4. The lowest BCUT2D eigenvalue weighted by Gasteiger charge is -1.99. The number of rotatable bonds is 5. The quantitative estimate of drug-likeness (QED) is 0.401. The molecule has 0 aliphatic heterocycles. The van der Waals surface area contributed by atoms with Gasteiger partial charge >= 0.3 is 0 Å². The van der Waals surface area contributed by atoms with Crippen LogP contribution in [0.3, 0.4) is 0 Å². The molecule has 0 aliphatic carbocycles. The van der Waals surface area contributed by atoms with Gasteiger partial charge in [0.05, 0.1) is 11.5 Å². The fourth-order valence-corrected chi connectivity index (χ4v) is 0.924. The number of nitro groups is 1. The van der Waals surface area contributed by atoms with Gasteiger partial charge < -0.3 is 4.74 Å². The minimum Gasteiger partial charge on any atom is -0.368 e. The van der Waals surface area contributed by atoms with Gasteiger partial charge in [0.25, 0.3) is 5.69 Å². The molecule has 1 aromatic rings. The first-order chi connectivity index (χ1) is 6.74. The van der Waals surface area contributed by atoms with Crippen LogP contribution < -0.4 is 0 Å². The second kappa shape index (κ2) is 5.08. The van der Waals surface area contributed by atoms with E-state index in [9.17, 15) is 14.9 Å². The van der Waals surface area contributed by atoms with Crippen LogP contribution in [0.25, 0.3) is 0 Å². The van der Waals surface area contributed by atoms with E-state index >= 15 is 0 Å². The predicted octanol–water partition coefficient (Wildman–Crippen LogP) is 1.22. The maximum Gasteiger partial charge on any atom is 0.269 e. The van der Waals surface area contributed by atoms with Crippen molar-refractivity contribution in [2.24, 2.45) is 0 Å². The lowest BCUT2D eigenvalue weighted by atomic mass is 10.2. The number of ether oxygens (including phenoxy) is 1. The molecule has 0 fully saturated rings. The third-order valence-electron chi connectivity index (χ3n) is 1.58. The van der Waals surface area contributed by atoms with Crippen molar-refractivity contribution in [2.75, 3.05) is 6.61 Å². The molecule has 1 rings (SSSR count). The number of non-ortho nitro benzene ring substituents is 1. The number of nitrogens with zero attached hydrogens (tertiary/aromatic N) is 1. The highest BCUT2D eigenvalue weighted by Gasteiger charge is 2.03. The van der Waals surface area contributed by atoms with Crippen LogP contribution in [0.5, 0.6) is 0 Å². The number of hydrogen-bond donors (Lipinski definition) is 0. The average molecular weight is 194 g/mol. The first-order valence-electron chi connectivity index (χ1n) is 3.90. The molecule has 0 spiro atoms. The van der Waals surface area contributed by atoms with Gasteiger partial charge in [-0.25, -0.2) is 0 Å². The molecule has 5 nitrogen and oxygen atoms in total. The van der Waals surface area contributed by atoms with Crippen molar-refractivity contribution in [3.63, 3.8) is 0 Å². The summed E-state index contributed by atoms with van der Waals surface area (Å²) in [5.74, 6) is 0. The number of benzene rings is 1. The summed E-state index contributed by atoms with van der Waals surface area (Å²) in [5, 5.41) is 10.3. The van der Waals surface area contributed by atoms with Crippen LogP contribution in [-0.4, -0.2) is 17.8 Å². The summed E-state index contributed by atoms with van der Waals surface area (Å²) in [7, 11) is 0. The molecule has 0 bridgehead atoms. The van der Waals surface area contributed by atoms with Gasteiger partial charge in [-0.05, 0) is 17.7 Å². The molecule has 0 saturated heterocycles. The zero-order valence-corrected chi connectivity index (χ0v) is 7.30. The van der Waals surface area contributed by atoms with Crippen LogP contribution in [0.2, 0.25) is 0 Å². The minimum absolute atomic E-state index is 0.0377. The van der Waals surface area contributed by atoms with E-state index in [4.69, 9.17) is 4.74 Å². The van der Waals surface area contributed by atoms with Crippen molar-refractivity contribution in [1.29, 1.82) is 0 Å². The number of nitro benzene ring substituents is 1. The minimum atomic E-state index is -0.468. The molecule has 0 aliphatic rings. The summed E-state index contributed by atoms with van der Waals surface area (Å²) in [5.41, 5.74) is 0.821. The van der Waals surface area contributed by atoms with Crippen molar-refractivity contribution in [1.82, 2.24) is 0 Å². The molecule has 0 heterocycles. The van der Waals surface area contributed by atoms with Gasteiger partial charge in [0, 0.05) is 12.1 Å².